The Bertz CT molecular complexity index is 310. The summed E-state index contributed by atoms with van der Waals surface area (Å²) in [6.07, 6.45) is 5.27. The van der Waals surface area contributed by atoms with Crippen molar-refractivity contribution in [1.29, 1.82) is 0 Å². The van der Waals surface area contributed by atoms with E-state index in [1.54, 1.807) is 0 Å². The number of likely N-dealkylation sites (tertiary alicyclic amines) is 1. The highest BCUT2D eigenvalue weighted by atomic mass is 16.5. The SMILES string of the molecule is CC1CC(N2CCCCC2(C)C(=O)O)CC(C)O1. The van der Waals surface area contributed by atoms with Crippen molar-refractivity contribution < 1.29 is 14.6 Å². The van der Waals surface area contributed by atoms with E-state index >= 15 is 0 Å². The van der Waals surface area contributed by atoms with E-state index in [0.717, 1.165) is 38.6 Å². The summed E-state index contributed by atoms with van der Waals surface area (Å²) in [7, 11) is 0. The third-order valence-electron chi connectivity index (χ3n) is 4.52. The summed E-state index contributed by atoms with van der Waals surface area (Å²) < 4.78 is 5.76. The lowest BCUT2D eigenvalue weighted by Crippen LogP contribution is -2.60. The first-order chi connectivity index (χ1) is 8.43. The molecule has 1 N–H and O–H groups in total. The van der Waals surface area contributed by atoms with Crippen molar-refractivity contribution in [3.05, 3.63) is 0 Å². The van der Waals surface area contributed by atoms with Gasteiger partial charge in [0.15, 0.2) is 0 Å². The third kappa shape index (κ3) is 2.54. The zero-order valence-electron chi connectivity index (χ0n) is 11.7. The van der Waals surface area contributed by atoms with Gasteiger partial charge < -0.3 is 9.84 Å². The second-order valence-electron chi connectivity index (χ2n) is 6.11. The molecule has 0 amide bonds. The quantitative estimate of drug-likeness (QED) is 0.822. The van der Waals surface area contributed by atoms with E-state index in [2.05, 4.69) is 18.7 Å². The van der Waals surface area contributed by atoms with Gasteiger partial charge in [-0.1, -0.05) is 0 Å². The molecule has 4 heteroatoms. The molecule has 0 bridgehead atoms. The van der Waals surface area contributed by atoms with Crippen LogP contribution in [0, 0.1) is 0 Å². The molecule has 0 radical (unpaired) electrons. The fourth-order valence-corrected chi connectivity index (χ4v) is 3.58. The molecule has 2 saturated heterocycles. The maximum atomic E-state index is 11.6. The molecule has 0 aromatic heterocycles. The van der Waals surface area contributed by atoms with Crippen LogP contribution < -0.4 is 0 Å². The molecule has 0 aromatic carbocycles. The van der Waals surface area contributed by atoms with Crippen molar-refractivity contribution in [2.45, 2.75) is 76.7 Å². The first-order valence-corrected chi connectivity index (χ1v) is 7.09. The number of hydrogen-bond donors (Lipinski definition) is 1. The van der Waals surface area contributed by atoms with Crippen LogP contribution in [-0.2, 0) is 9.53 Å². The van der Waals surface area contributed by atoms with Gasteiger partial charge in [-0.25, -0.2) is 0 Å². The normalized spacial score (nSPS) is 42.7. The van der Waals surface area contributed by atoms with Crippen molar-refractivity contribution in [3.63, 3.8) is 0 Å². The lowest BCUT2D eigenvalue weighted by molar-refractivity contribution is -0.160. The van der Waals surface area contributed by atoms with Gasteiger partial charge in [0.25, 0.3) is 0 Å². The number of hydrogen-bond acceptors (Lipinski definition) is 3. The molecule has 0 saturated carbocycles. The van der Waals surface area contributed by atoms with E-state index in [1.165, 1.54) is 0 Å². The fraction of sp³-hybridized carbons (Fsp3) is 0.929. The van der Waals surface area contributed by atoms with Crippen LogP contribution in [0.5, 0.6) is 0 Å². The molecular weight excluding hydrogens is 230 g/mol. The summed E-state index contributed by atoms with van der Waals surface area (Å²) in [5, 5.41) is 9.56. The van der Waals surface area contributed by atoms with E-state index in [9.17, 15) is 9.90 Å². The van der Waals surface area contributed by atoms with E-state index in [-0.39, 0.29) is 12.2 Å². The van der Waals surface area contributed by atoms with Crippen LogP contribution in [0.2, 0.25) is 0 Å². The molecule has 4 nitrogen and oxygen atoms in total. The monoisotopic (exact) mass is 255 g/mol. The number of carboxylic acids is 1. The van der Waals surface area contributed by atoms with Crippen LogP contribution in [-0.4, -0.2) is 46.3 Å². The van der Waals surface area contributed by atoms with Crippen molar-refractivity contribution in [2.75, 3.05) is 6.54 Å². The Balaban J connectivity index is 2.16. The highest BCUT2D eigenvalue weighted by Crippen LogP contribution is 2.35. The summed E-state index contributed by atoms with van der Waals surface area (Å²) in [5.41, 5.74) is -0.681. The molecule has 104 valence electrons. The molecule has 2 rings (SSSR count). The topological polar surface area (TPSA) is 49.8 Å². The smallest absolute Gasteiger partial charge is 0.323 e. The van der Waals surface area contributed by atoms with Crippen molar-refractivity contribution >= 4 is 5.97 Å². The van der Waals surface area contributed by atoms with Gasteiger partial charge in [0.2, 0.25) is 0 Å². The minimum absolute atomic E-state index is 0.235. The van der Waals surface area contributed by atoms with Gasteiger partial charge in [-0.05, 0) is 59.4 Å². The first kappa shape index (κ1) is 13.8. The lowest BCUT2D eigenvalue weighted by Gasteiger charge is -2.49. The minimum atomic E-state index is -0.681. The van der Waals surface area contributed by atoms with Crippen LogP contribution >= 0.6 is 0 Å². The molecule has 2 aliphatic heterocycles. The molecule has 0 spiro atoms. The van der Waals surface area contributed by atoms with Crippen molar-refractivity contribution in [1.82, 2.24) is 4.90 Å². The highest BCUT2D eigenvalue weighted by Gasteiger charge is 2.45. The Morgan fingerprint density at radius 2 is 1.89 bits per heavy atom. The third-order valence-corrected chi connectivity index (χ3v) is 4.52. The van der Waals surface area contributed by atoms with Gasteiger partial charge in [0, 0.05) is 6.04 Å². The molecule has 18 heavy (non-hydrogen) atoms. The molecule has 2 heterocycles. The summed E-state index contributed by atoms with van der Waals surface area (Å²) in [4.78, 5) is 13.8. The molecule has 3 atom stereocenters. The average molecular weight is 255 g/mol. The molecular formula is C14H25NO3. The first-order valence-electron chi connectivity index (χ1n) is 7.09. The number of piperidine rings is 1. The molecule has 2 fully saturated rings. The number of carboxylic acid groups (broad SMARTS) is 1. The Kier molecular flexibility index (Phi) is 3.97. The van der Waals surface area contributed by atoms with E-state index in [0.29, 0.717) is 6.04 Å². The van der Waals surface area contributed by atoms with Gasteiger partial charge in [-0.2, -0.15) is 0 Å². The molecule has 3 unspecified atom stereocenters. The number of rotatable bonds is 2. The van der Waals surface area contributed by atoms with Crippen molar-refractivity contribution in [3.8, 4) is 0 Å². The van der Waals surface area contributed by atoms with Gasteiger partial charge in [-0.3, -0.25) is 9.69 Å². The number of carbonyl (C=O) groups is 1. The predicted molar refractivity (Wildman–Crippen MR) is 69.6 cm³/mol. The number of aliphatic carboxylic acids is 1. The summed E-state index contributed by atoms with van der Waals surface area (Å²) in [6.45, 7) is 6.97. The van der Waals surface area contributed by atoms with Crippen LogP contribution in [0.3, 0.4) is 0 Å². The average Bonchev–Trinajstić information content (AvgIpc) is 2.28. The van der Waals surface area contributed by atoms with Crippen molar-refractivity contribution in [2.24, 2.45) is 0 Å². The maximum Gasteiger partial charge on any atom is 0.323 e. The predicted octanol–water partition coefficient (Wildman–Crippen LogP) is 2.27. The van der Waals surface area contributed by atoms with Gasteiger partial charge >= 0.3 is 5.97 Å². The van der Waals surface area contributed by atoms with Crippen LogP contribution in [0.1, 0.15) is 52.9 Å². The van der Waals surface area contributed by atoms with Crippen LogP contribution in [0.15, 0.2) is 0 Å². The van der Waals surface area contributed by atoms with Gasteiger partial charge in [-0.15, -0.1) is 0 Å². The fourth-order valence-electron chi connectivity index (χ4n) is 3.58. The zero-order chi connectivity index (χ0) is 13.3. The Labute approximate surface area is 109 Å². The second kappa shape index (κ2) is 5.17. The summed E-state index contributed by atoms with van der Waals surface area (Å²) >= 11 is 0. The van der Waals surface area contributed by atoms with Crippen LogP contribution in [0.4, 0.5) is 0 Å². The largest absolute Gasteiger partial charge is 0.480 e. The maximum absolute atomic E-state index is 11.6. The van der Waals surface area contributed by atoms with Gasteiger partial charge in [0.05, 0.1) is 12.2 Å². The number of ether oxygens (including phenoxy) is 1. The summed E-state index contributed by atoms with van der Waals surface area (Å²) in [6, 6.07) is 0.352. The molecule has 2 aliphatic rings. The van der Waals surface area contributed by atoms with Gasteiger partial charge in [0.1, 0.15) is 5.54 Å². The van der Waals surface area contributed by atoms with E-state index in [1.807, 2.05) is 6.92 Å². The Morgan fingerprint density at radius 1 is 1.28 bits per heavy atom. The highest BCUT2D eigenvalue weighted by molar-refractivity contribution is 5.78. The second-order valence-corrected chi connectivity index (χ2v) is 6.11. The minimum Gasteiger partial charge on any atom is -0.480 e. The Morgan fingerprint density at radius 3 is 2.44 bits per heavy atom. The standard InChI is InChI=1S/C14H25NO3/c1-10-8-12(9-11(2)18-10)15-7-5-4-6-14(15,3)13(16)17/h10-12H,4-9H2,1-3H3,(H,16,17). The summed E-state index contributed by atoms with van der Waals surface area (Å²) in [5.74, 6) is -0.672. The molecule has 0 aliphatic carbocycles. The van der Waals surface area contributed by atoms with E-state index < -0.39 is 11.5 Å². The van der Waals surface area contributed by atoms with Crippen LogP contribution in [0.25, 0.3) is 0 Å². The Hall–Kier alpha value is -0.610. The molecule has 0 aromatic rings. The van der Waals surface area contributed by atoms with E-state index in [4.69, 9.17) is 4.74 Å². The lowest BCUT2D eigenvalue weighted by atomic mass is 9.84. The zero-order valence-corrected chi connectivity index (χ0v) is 11.7. The number of nitrogens with zero attached hydrogens (tertiary/aromatic N) is 1.